The van der Waals surface area contributed by atoms with E-state index in [1.54, 1.807) is 16.4 Å². The number of ether oxygens (including phenoxy) is 2. The number of likely N-dealkylation sites (tertiary alicyclic amines) is 1. The van der Waals surface area contributed by atoms with Crippen LogP contribution < -0.4 is 10.6 Å². The smallest absolute Gasteiger partial charge is 0.303 e. The Labute approximate surface area is 318 Å². The van der Waals surface area contributed by atoms with Gasteiger partial charge in [0.2, 0.25) is 11.8 Å². The molecule has 53 heavy (non-hydrogen) atoms. The minimum atomic E-state index is -0.866. The maximum atomic E-state index is 14.6. The third-order valence-corrected chi connectivity index (χ3v) is 11.5. The molecule has 2 aliphatic rings. The zero-order valence-corrected chi connectivity index (χ0v) is 32.9. The van der Waals surface area contributed by atoms with Crippen LogP contribution in [0.3, 0.4) is 0 Å². The number of amides is 3. The number of likely N-dealkylation sites (N-methyl/N-ethyl adjacent to an activating group) is 1. The van der Waals surface area contributed by atoms with Crippen LogP contribution in [-0.4, -0.2) is 95.9 Å². The first-order chi connectivity index (χ1) is 25.4. The summed E-state index contributed by atoms with van der Waals surface area (Å²) >= 11 is 1.20. The van der Waals surface area contributed by atoms with Crippen molar-refractivity contribution >= 4 is 41.3 Å². The molecule has 1 fully saturated rings. The van der Waals surface area contributed by atoms with Gasteiger partial charge < -0.3 is 29.8 Å². The SMILES string of the molecule is C=CCOCN(C(=O)[C@@H](NC(=O)[C@H]1CCCCN1C)C(C)CC)[C@H](C[C@@H](OC(C)=O)c1nc(C(=O)N[C@H]2Cc3ccccc3[C@H](C=O)C2)cs1)C(C)C. The van der Waals surface area contributed by atoms with Crippen molar-refractivity contribution in [3.63, 3.8) is 0 Å². The number of nitrogens with zero attached hydrogens (tertiary/aromatic N) is 3. The highest BCUT2D eigenvalue weighted by Crippen LogP contribution is 2.33. The number of esters is 1. The average molecular weight is 752 g/mol. The number of hydrogen-bond acceptors (Lipinski definition) is 10. The van der Waals surface area contributed by atoms with E-state index < -0.39 is 24.2 Å². The van der Waals surface area contributed by atoms with E-state index in [4.69, 9.17) is 9.47 Å². The van der Waals surface area contributed by atoms with Crippen LogP contribution in [0.15, 0.2) is 42.3 Å². The van der Waals surface area contributed by atoms with Gasteiger partial charge in [-0.1, -0.05) is 70.9 Å². The van der Waals surface area contributed by atoms with E-state index in [1.165, 1.54) is 18.3 Å². The first-order valence-electron chi connectivity index (χ1n) is 18.8. The zero-order valence-electron chi connectivity index (χ0n) is 32.0. The number of nitrogens with one attached hydrogen (secondary N) is 2. The van der Waals surface area contributed by atoms with Crippen LogP contribution in [0.1, 0.15) is 112 Å². The second-order valence-corrected chi connectivity index (χ2v) is 15.6. The molecule has 2 heterocycles. The molecule has 13 heteroatoms. The Bertz CT molecular complexity index is 1580. The van der Waals surface area contributed by atoms with Crippen molar-refractivity contribution in [3.05, 3.63) is 64.1 Å². The van der Waals surface area contributed by atoms with Crippen molar-refractivity contribution in [1.82, 2.24) is 25.4 Å². The highest BCUT2D eigenvalue weighted by Gasteiger charge is 2.39. The van der Waals surface area contributed by atoms with Gasteiger partial charge in [0.25, 0.3) is 5.91 Å². The normalized spacial score (nSPS) is 21.0. The number of piperidine rings is 1. The molecule has 2 N–H and O–H groups in total. The maximum Gasteiger partial charge on any atom is 0.303 e. The Morgan fingerprint density at radius 3 is 2.58 bits per heavy atom. The predicted octanol–water partition coefficient (Wildman–Crippen LogP) is 5.19. The lowest BCUT2D eigenvalue weighted by Crippen LogP contribution is -2.59. The summed E-state index contributed by atoms with van der Waals surface area (Å²) in [5.74, 6) is -1.94. The van der Waals surface area contributed by atoms with Crippen LogP contribution in [0.4, 0.5) is 0 Å². The first kappa shape index (κ1) is 41.8. The number of aromatic nitrogens is 1. The lowest BCUT2D eigenvalue weighted by molar-refractivity contribution is -0.152. The molecule has 1 aromatic carbocycles. The third-order valence-electron chi connectivity index (χ3n) is 10.5. The van der Waals surface area contributed by atoms with Crippen LogP contribution in [-0.2, 0) is 35.1 Å². The summed E-state index contributed by atoms with van der Waals surface area (Å²) in [6.07, 6.45) is 6.32. The molecule has 4 rings (SSSR count). The van der Waals surface area contributed by atoms with Crippen molar-refractivity contribution in [2.24, 2.45) is 11.8 Å². The molecule has 2 aromatic rings. The number of carbonyl (C=O) groups excluding carboxylic acids is 5. The molecule has 0 spiro atoms. The fourth-order valence-corrected chi connectivity index (χ4v) is 8.19. The molecule has 1 unspecified atom stereocenters. The van der Waals surface area contributed by atoms with Gasteiger partial charge in [-0.05, 0) is 62.2 Å². The van der Waals surface area contributed by atoms with E-state index in [2.05, 4.69) is 22.2 Å². The number of aldehydes is 1. The second-order valence-electron chi connectivity index (χ2n) is 14.7. The number of fused-ring (bicyclic) bond motifs is 1. The zero-order chi connectivity index (χ0) is 38.7. The van der Waals surface area contributed by atoms with E-state index in [0.29, 0.717) is 24.3 Å². The van der Waals surface area contributed by atoms with Gasteiger partial charge in [0, 0.05) is 36.7 Å². The molecule has 0 radical (unpaired) electrons. The number of hydrogen-bond donors (Lipinski definition) is 2. The minimum Gasteiger partial charge on any atom is -0.455 e. The molecule has 1 saturated heterocycles. The van der Waals surface area contributed by atoms with E-state index in [9.17, 15) is 24.0 Å². The van der Waals surface area contributed by atoms with Crippen LogP contribution >= 0.6 is 11.3 Å². The summed E-state index contributed by atoms with van der Waals surface area (Å²) in [7, 11) is 1.94. The average Bonchev–Trinajstić information content (AvgIpc) is 3.64. The molecule has 0 bridgehead atoms. The first-order valence-corrected chi connectivity index (χ1v) is 19.7. The van der Waals surface area contributed by atoms with Crippen LogP contribution in [0.2, 0.25) is 0 Å². The Morgan fingerprint density at radius 1 is 1.17 bits per heavy atom. The third kappa shape index (κ3) is 11.0. The molecule has 12 nitrogen and oxygen atoms in total. The quantitative estimate of drug-likeness (QED) is 0.0691. The van der Waals surface area contributed by atoms with E-state index in [0.717, 1.165) is 43.2 Å². The fourth-order valence-electron chi connectivity index (χ4n) is 7.36. The summed E-state index contributed by atoms with van der Waals surface area (Å²) in [5.41, 5.74) is 2.20. The van der Waals surface area contributed by atoms with Gasteiger partial charge in [-0.2, -0.15) is 0 Å². The van der Waals surface area contributed by atoms with Gasteiger partial charge in [0.05, 0.1) is 12.6 Å². The van der Waals surface area contributed by atoms with Crippen LogP contribution in [0.5, 0.6) is 0 Å². The summed E-state index contributed by atoms with van der Waals surface area (Å²) in [5, 5.41) is 8.20. The topological polar surface area (TPSA) is 147 Å². The Hall–Kier alpha value is -3.94. The van der Waals surface area contributed by atoms with Gasteiger partial charge in [0.1, 0.15) is 29.8 Å². The van der Waals surface area contributed by atoms with Crippen molar-refractivity contribution < 1.29 is 33.4 Å². The summed E-state index contributed by atoms with van der Waals surface area (Å²) in [6, 6.07) is 5.91. The molecule has 0 saturated carbocycles. The van der Waals surface area contributed by atoms with Crippen LogP contribution in [0.25, 0.3) is 0 Å². The highest BCUT2D eigenvalue weighted by molar-refractivity contribution is 7.09. The molecule has 1 aromatic heterocycles. The molecular formula is C40H57N5O7S. The summed E-state index contributed by atoms with van der Waals surface area (Å²) in [6.45, 7) is 13.9. The Morgan fingerprint density at radius 2 is 1.92 bits per heavy atom. The summed E-state index contributed by atoms with van der Waals surface area (Å²) in [4.78, 5) is 74.4. The van der Waals surface area contributed by atoms with Crippen molar-refractivity contribution in [2.75, 3.05) is 26.9 Å². The van der Waals surface area contributed by atoms with Gasteiger partial charge in [-0.25, -0.2) is 4.98 Å². The fraction of sp³-hybridized carbons (Fsp3) is 0.600. The minimum absolute atomic E-state index is 0.0650. The Kier molecular flexibility index (Phi) is 15.7. The molecular weight excluding hydrogens is 695 g/mol. The van der Waals surface area contributed by atoms with Gasteiger partial charge in [-0.15, -0.1) is 17.9 Å². The van der Waals surface area contributed by atoms with Crippen molar-refractivity contribution in [3.8, 4) is 0 Å². The molecule has 1 aliphatic carbocycles. The van der Waals surface area contributed by atoms with E-state index >= 15 is 0 Å². The van der Waals surface area contributed by atoms with E-state index in [-0.39, 0.29) is 73.0 Å². The highest BCUT2D eigenvalue weighted by atomic mass is 32.1. The van der Waals surface area contributed by atoms with Gasteiger partial charge in [-0.3, -0.25) is 24.1 Å². The van der Waals surface area contributed by atoms with Gasteiger partial charge in [0.15, 0.2) is 6.10 Å². The largest absolute Gasteiger partial charge is 0.455 e. The predicted molar refractivity (Wildman–Crippen MR) is 204 cm³/mol. The summed E-state index contributed by atoms with van der Waals surface area (Å²) < 4.78 is 11.7. The lowest BCUT2D eigenvalue weighted by Gasteiger charge is -2.39. The van der Waals surface area contributed by atoms with Crippen molar-refractivity contribution in [1.29, 1.82) is 0 Å². The number of thiazole rings is 1. The molecule has 290 valence electrons. The number of benzene rings is 1. The number of rotatable bonds is 18. The maximum absolute atomic E-state index is 14.6. The molecule has 7 atom stereocenters. The Balaban J connectivity index is 1.57. The van der Waals surface area contributed by atoms with Crippen LogP contribution in [0, 0.1) is 11.8 Å². The lowest BCUT2D eigenvalue weighted by atomic mass is 9.81. The molecule has 1 aliphatic heterocycles. The van der Waals surface area contributed by atoms with E-state index in [1.807, 2.05) is 63.9 Å². The monoisotopic (exact) mass is 751 g/mol. The molecule has 3 amide bonds. The standard InChI is InChI=1S/C40H57N5O7S/c1-8-18-51-24-45(40(50)36(26(5)9-2)43-38(49)33-16-12-13-17-44(33)7)34(25(3)4)21-35(52-27(6)47)39-42-32(23-53-39)37(48)41-30-19-28-14-10-11-15-31(28)29(20-30)22-46/h8,10-11,14-15,22-23,25-26,29-30,33-36H,1,9,12-13,16-21,24H2,2-7H3,(H,41,48)(H,43,49)/t26?,29-,30-,33+,34+,35+,36-/m0/s1. The number of carbonyl (C=O) groups is 5. The second kappa shape index (κ2) is 19.9. The van der Waals surface area contributed by atoms with Crippen molar-refractivity contribution in [2.45, 2.75) is 116 Å². The van der Waals surface area contributed by atoms with Gasteiger partial charge >= 0.3 is 5.97 Å².